The van der Waals surface area contributed by atoms with Gasteiger partial charge in [0.1, 0.15) is 5.69 Å². The highest BCUT2D eigenvalue weighted by Crippen LogP contribution is 2.29. The maximum Gasteiger partial charge on any atom is 0.340 e. The molecule has 1 aliphatic heterocycles. The van der Waals surface area contributed by atoms with Crippen LogP contribution in [0.25, 0.3) is 0 Å². The summed E-state index contributed by atoms with van der Waals surface area (Å²) < 4.78 is 5.32. The molecule has 0 unspecified atom stereocenters. The van der Waals surface area contributed by atoms with Crippen LogP contribution in [0.2, 0.25) is 0 Å². The number of hydrogen-bond acceptors (Lipinski definition) is 3. The minimum atomic E-state index is -0.377. The van der Waals surface area contributed by atoms with Gasteiger partial charge >= 0.3 is 5.97 Å². The van der Waals surface area contributed by atoms with Crippen LogP contribution in [0.15, 0.2) is 30.3 Å². The number of amides is 1. The number of aromatic amines is 1. The van der Waals surface area contributed by atoms with E-state index in [9.17, 15) is 9.59 Å². The molecule has 0 aliphatic carbocycles. The zero-order valence-electron chi connectivity index (χ0n) is 16.5. The minimum Gasteiger partial charge on any atom is -0.459 e. The summed E-state index contributed by atoms with van der Waals surface area (Å²) in [6.07, 6.45) is 1.72. The van der Waals surface area contributed by atoms with E-state index in [4.69, 9.17) is 4.74 Å². The summed E-state index contributed by atoms with van der Waals surface area (Å²) in [4.78, 5) is 30.4. The Morgan fingerprint density at radius 2 is 1.74 bits per heavy atom. The van der Waals surface area contributed by atoms with Crippen molar-refractivity contribution in [2.24, 2.45) is 0 Å². The minimum absolute atomic E-state index is 0.0364. The van der Waals surface area contributed by atoms with Gasteiger partial charge in [-0.1, -0.05) is 30.3 Å². The average Bonchev–Trinajstić information content (AvgIpc) is 2.95. The van der Waals surface area contributed by atoms with Crippen molar-refractivity contribution in [2.75, 3.05) is 13.1 Å². The number of hydrogen-bond donors (Lipinski definition) is 1. The predicted molar refractivity (Wildman–Crippen MR) is 105 cm³/mol. The van der Waals surface area contributed by atoms with Gasteiger partial charge in [-0.15, -0.1) is 0 Å². The molecule has 0 spiro atoms. The first kappa shape index (κ1) is 19.2. The molecule has 1 N–H and O–H groups in total. The van der Waals surface area contributed by atoms with Gasteiger partial charge in [-0.05, 0) is 57.6 Å². The first-order valence-electron chi connectivity index (χ1n) is 9.62. The second-order valence-electron chi connectivity index (χ2n) is 7.56. The van der Waals surface area contributed by atoms with E-state index in [0.29, 0.717) is 28.4 Å². The normalized spacial score (nSPS) is 15.2. The Hall–Kier alpha value is -2.56. The Kier molecular flexibility index (Phi) is 5.68. The van der Waals surface area contributed by atoms with Gasteiger partial charge < -0.3 is 14.6 Å². The number of benzene rings is 1. The summed E-state index contributed by atoms with van der Waals surface area (Å²) in [7, 11) is 0. The molecule has 3 rings (SSSR count). The maximum atomic E-state index is 13.0. The van der Waals surface area contributed by atoms with E-state index in [1.54, 1.807) is 0 Å². The molecule has 0 radical (unpaired) electrons. The van der Waals surface area contributed by atoms with Crippen molar-refractivity contribution in [1.29, 1.82) is 0 Å². The summed E-state index contributed by atoms with van der Waals surface area (Å²) in [6.45, 7) is 8.70. The molecule has 27 heavy (non-hydrogen) atoms. The molecule has 5 heteroatoms. The topological polar surface area (TPSA) is 62.4 Å². The van der Waals surface area contributed by atoms with Crippen molar-refractivity contribution in [2.45, 2.75) is 52.6 Å². The number of aryl methyl sites for hydroxylation is 1. The number of aromatic nitrogens is 1. The Labute approximate surface area is 160 Å². The molecule has 1 fully saturated rings. The van der Waals surface area contributed by atoms with Crippen LogP contribution in [-0.2, 0) is 4.74 Å². The fourth-order valence-corrected chi connectivity index (χ4v) is 3.84. The smallest absolute Gasteiger partial charge is 0.340 e. The van der Waals surface area contributed by atoms with Crippen LogP contribution in [0, 0.1) is 13.8 Å². The van der Waals surface area contributed by atoms with Crippen molar-refractivity contribution in [3.8, 4) is 0 Å². The van der Waals surface area contributed by atoms with Gasteiger partial charge in [-0.2, -0.15) is 0 Å². The van der Waals surface area contributed by atoms with Gasteiger partial charge in [0.15, 0.2) is 0 Å². The van der Waals surface area contributed by atoms with E-state index < -0.39 is 0 Å². The van der Waals surface area contributed by atoms with Gasteiger partial charge in [0, 0.05) is 18.8 Å². The first-order chi connectivity index (χ1) is 12.9. The first-order valence-corrected chi connectivity index (χ1v) is 9.62. The van der Waals surface area contributed by atoms with Gasteiger partial charge in [-0.25, -0.2) is 4.79 Å². The largest absolute Gasteiger partial charge is 0.459 e. The molecule has 5 nitrogen and oxygen atoms in total. The lowest BCUT2D eigenvalue weighted by Crippen LogP contribution is -2.38. The number of nitrogens with zero attached hydrogens (tertiary/aromatic N) is 1. The number of H-pyrrole nitrogens is 1. The Morgan fingerprint density at radius 1 is 1.11 bits per heavy atom. The Balaban J connectivity index is 1.71. The molecule has 2 heterocycles. The van der Waals surface area contributed by atoms with Crippen molar-refractivity contribution < 1.29 is 14.3 Å². The number of likely N-dealkylation sites (tertiary alicyclic amines) is 1. The zero-order chi connectivity index (χ0) is 19.6. The third-order valence-electron chi connectivity index (χ3n) is 5.25. The number of esters is 1. The van der Waals surface area contributed by atoms with E-state index >= 15 is 0 Å². The highest BCUT2D eigenvalue weighted by Gasteiger charge is 2.29. The molecule has 1 aliphatic rings. The van der Waals surface area contributed by atoms with Crippen molar-refractivity contribution in [3.63, 3.8) is 0 Å². The SMILES string of the molecule is Cc1[nH]c(C(=O)N2CCC(c3ccccc3)CC2)c(C)c1C(=O)OC(C)C. The fourth-order valence-electron chi connectivity index (χ4n) is 3.84. The lowest BCUT2D eigenvalue weighted by molar-refractivity contribution is 0.0376. The highest BCUT2D eigenvalue weighted by molar-refractivity contribution is 6.00. The van der Waals surface area contributed by atoms with Crippen LogP contribution in [0.1, 0.15) is 70.3 Å². The molecule has 1 aromatic carbocycles. The molecule has 1 amide bonds. The second-order valence-corrected chi connectivity index (χ2v) is 7.56. The highest BCUT2D eigenvalue weighted by atomic mass is 16.5. The summed E-state index contributed by atoms with van der Waals surface area (Å²) >= 11 is 0. The average molecular weight is 368 g/mol. The Morgan fingerprint density at radius 3 is 2.33 bits per heavy atom. The summed E-state index contributed by atoms with van der Waals surface area (Å²) in [6, 6.07) is 10.5. The van der Waals surface area contributed by atoms with Crippen molar-refractivity contribution in [1.82, 2.24) is 9.88 Å². The molecule has 0 saturated carbocycles. The molecule has 1 saturated heterocycles. The predicted octanol–water partition coefficient (Wildman–Crippen LogP) is 4.22. The van der Waals surface area contributed by atoms with E-state index in [2.05, 4.69) is 29.2 Å². The van der Waals surface area contributed by atoms with E-state index in [0.717, 1.165) is 25.9 Å². The molecular weight excluding hydrogens is 340 g/mol. The van der Waals surface area contributed by atoms with Crippen molar-refractivity contribution in [3.05, 3.63) is 58.4 Å². The van der Waals surface area contributed by atoms with Gasteiger partial charge in [-0.3, -0.25) is 4.79 Å². The number of ether oxygens (including phenoxy) is 1. The van der Waals surface area contributed by atoms with E-state index in [1.165, 1.54) is 5.56 Å². The molecule has 2 aromatic rings. The van der Waals surface area contributed by atoms with Crippen LogP contribution >= 0.6 is 0 Å². The molecule has 0 bridgehead atoms. The molecule has 144 valence electrons. The van der Waals surface area contributed by atoms with Gasteiger partial charge in [0.05, 0.1) is 11.7 Å². The number of piperidine rings is 1. The quantitative estimate of drug-likeness (QED) is 0.822. The third kappa shape index (κ3) is 4.07. The van der Waals surface area contributed by atoms with Crippen LogP contribution in [0.4, 0.5) is 0 Å². The monoisotopic (exact) mass is 368 g/mol. The maximum absolute atomic E-state index is 13.0. The standard InChI is InChI=1S/C22H28N2O3/c1-14(2)27-22(26)19-15(3)20(23-16(19)4)21(25)24-12-10-18(11-13-24)17-8-6-5-7-9-17/h5-9,14,18,23H,10-13H2,1-4H3. The van der Waals surface area contributed by atoms with Gasteiger partial charge in [0.25, 0.3) is 5.91 Å². The zero-order valence-corrected chi connectivity index (χ0v) is 16.5. The van der Waals surface area contributed by atoms with Crippen LogP contribution < -0.4 is 0 Å². The molecular formula is C22H28N2O3. The van der Waals surface area contributed by atoms with Gasteiger partial charge in [0.2, 0.25) is 0 Å². The lowest BCUT2D eigenvalue weighted by atomic mass is 9.89. The molecule has 1 aromatic heterocycles. The van der Waals surface area contributed by atoms with Crippen LogP contribution in [-0.4, -0.2) is 41.0 Å². The van der Waals surface area contributed by atoms with Crippen LogP contribution in [0.3, 0.4) is 0 Å². The molecule has 0 atom stereocenters. The second kappa shape index (κ2) is 7.99. The summed E-state index contributed by atoms with van der Waals surface area (Å²) in [5.41, 5.74) is 3.68. The number of carbonyl (C=O) groups excluding carboxylic acids is 2. The van der Waals surface area contributed by atoms with Crippen molar-refractivity contribution >= 4 is 11.9 Å². The summed E-state index contributed by atoms with van der Waals surface area (Å²) in [5, 5.41) is 0. The van der Waals surface area contributed by atoms with E-state index in [1.807, 2.05) is 38.7 Å². The summed E-state index contributed by atoms with van der Waals surface area (Å²) in [5.74, 6) is 0.0853. The third-order valence-corrected chi connectivity index (χ3v) is 5.25. The number of carbonyl (C=O) groups is 2. The van der Waals surface area contributed by atoms with Crippen LogP contribution in [0.5, 0.6) is 0 Å². The lowest BCUT2D eigenvalue weighted by Gasteiger charge is -2.32. The number of rotatable bonds is 4. The fraction of sp³-hybridized carbons (Fsp3) is 0.455. The Bertz CT molecular complexity index is 816. The number of nitrogens with one attached hydrogen (secondary N) is 1. The van der Waals surface area contributed by atoms with E-state index in [-0.39, 0.29) is 18.0 Å².